The summed E-state index contributed by atoms with van der Waals surface area (Å²) in [6.45, 7) is -0.0988. The maximum Gasteiger partial charge on any atom is 0.262 e. The third-order valence-electron chi connectivity index (χ3n) is 2.07. The molecule has 5 nitrogen and oxygen atoms in total. The van der Waals surface area contributed by atoms with Gasteiger partial charge in [-0.15, -0.1) is 11.6 Å². The molecule has 17 heavy (non-hydrogen) atoms. The molecule has 1 heterocycles. The SMILES string of the molecule is O=C(CCl)Nc1cc(Cl)cc2c1OCC(=O)N2. The van der Waals surface area contributed by atoms with Crippen molar-refractivity contribution in [1.82, 2.24) is 0 Å². The monoisotopic (exact) mass is 274 g/mol. The quantitative estimate of drug-likeness (QED) is 0.809. The molecule has 0 radical (unpaired) electrons. The van der Waals surface area contributed by atoms with Gasteiger partial charge in [-0.3, -0.25) is 9.59 Å². The van der Waals surface area contributed by atoms with Crippen molar-refractivity contribution in [2.75, 3.05) is 23.1 Å². The van der Waals surface area contributed by atoms with Crippen molar-refractivity contribution in [3.8, 4) is 5.75 Å². The molecule has 0 saturated carbocycles. The maximum absolute atomic E-state index is 11.2. The number of fused-ring (bicyclic) bond motifs is 1. The van der Waals surface area contributed by atoms with E-state index in [4.69, 9.17) is 27.9 Å². The van der Waals surface area contributed by atoms with Gasteiger partial charge >= 0.3 is 0 Å². The highest BCUT2D eigenvalue weighted by molar-refractivity contribution is 6.32. The molecule has 0 unspecified atom stereocenters. The van der Waals surface area contributed by atoms with Crippen LogP contribution in [-0.4, -0.2) is 24.3 Å². The number of ether oxygens (including phenoxy) is 1. The molecule has 0 spiro atoms. The summed E-state index contributed by atoms with van der Waals surface area (Å²) >= 11 is 11.3. The molecule has 0 aliphatic carbocycles. The number of hydrogen-bond acceptors (Lipinski definition) is 3. The summed E-state index contributed by atoms with van der Waals surface area (Å²) in [4.78, 5) is 22.4. The Kier molecular flexibility index (Phi) is 3.40. The third kappa shape index (κ3) is 2.62. The van der Waals surface area contributed by atoms with E-state index in [1.807, 2.05) is 0 Å². The van der Waals surface area contributed by atoms with E-state index in [9.17, 15) is 9.59 Å². The molecule has 2 rings (SSSR count). The Morgan fingerprint density at radius 2 is 2.29 bits per heavy atom. The highest BCUT2D eigenvalue weighted by Crippen LogP contribution is 2.38. The normalized spacial score (nSPS) is 13.4. The van der Waals surface area contributed by atoms with Crippen LogP contribution < -0.4 is 15.4 Å². The molecule has 1 aliphatic rings. The summed E-state index contributed by atoms with van der Waals surface area (Å²) in [6.07, 6.45) is 0. The van der Waals surface area contributed by atoms with Gasteiger partial charge in [-0.2, -0.15) is 0 Å². The second-order valence-electron chi connectivity index (χ2n) is 3.35. The lowest BCUT2D eigenvalue weighted by Gasteiger charge is -2.21. The van der Waals surface area contributed by atoms with Crippen LogP contribution in [0.1, 0.15) is 0 Å². The number of hydrogen-bond donors (Lipinski definition) is 2. The molecule has 0 aromatic heterocycles. The number of halogens is 2. The highest BCUT2D eigenvalue weighted by atomic mass is 35.5. The zero-order chi connectivity index (χ0) is 12.4. The van der Waals surface area contributed by atoms with Gasteiger partial charge in [0.05, 0.1) is 11.4 Å². The van der Waals surface area contributed by atoms with Gasteiger partial charge in [0, 0.05) is 5.02 Å². The molecule has 0 fully saturated rings. The summed E-state index contributed by atoms with van der Waals surface area (Å²) in [5, 5.41) is 5.52. The van der Waals surface area contributed by atoms with Crippen LogP contribution in [0.4, 0.5) is 11.4 Å². The molecule has 7 heteroatoms. The molecular formula is C10H8Cl2N2O3. The molecule has 0 saturated heterocycles. The Balaban J connectivity index is 2.38. The Bertz CT molecular complexity index is 491. The predicted octanol–water partition coefficient (Wildman–Crippen LogP) is 1.85. The van der Waals surface area contributed by atoms with Gasteiger partial charge in [0.1, 0.15) is 5.88 Å². The Hall–Kier alpha value is -1.46. The summed E-state index contributed by atoms with van der Waals surface area (Å²) in [5.41, 5.74) is 0.816. The van der Waals surface area contributed by atoms with Crippen molar-refractivity contribution in [2.24, 2.45) is 0 Å². The van der Waals surface area contributed by atoms with Gasteiger partial charge in [0.25, 0.3) is 5.91 Å². The molecule has 2 N–H and O–H groups in total. The van der Waals surface area contributed by atoms with Crippen LogP contribution in [0.3, 0.4) is 0 Å². The van der Waals surface area contributed by atoms with E-state index in [0.717, 1.165) is 0 Å². The Morgan fingerprint density at radius 3 is 3.00 bits per heavy atom. The van der Waals surface area contributed by atoms with E-state index < -0.39 is 0 Å². The molecule has 1 aromatic rings. The fourth-order valence-electron chi connectivity index (χ4n) is 1.44. The topological polar surface area (TPSA) is 67.4 Å². The molecule has 0 bridgehead atoms. The van der Waals surface area contributed by atoms with Gasteiger partial charge < -0.3 is 15.4 Å². The van der Waals surface area contributed by atoms with Crippen molar-refractivity contribution < 1.29 is 14.3 Å². The fourth-order valence-corrected chi connectivity index (χ4v) is 1.73. The number of benzene rings is 1. The van der Waals surface area contributed by atoms with Crippen molar-refractivity contribution in [3.63, 3.8) is 0 Å². The summed E-state index contributed by atoms with van der Waals surface area (Å²) < 4.78 is 5.24. The number of anilines is 2. The Morgan fingerprint density at radius 1 is 1.53 bits per heavy atom. The van der Waals surface area contributed by atoms with E-state index in [-0.39, 0.29) is 24.3 Å². The van der Waals surface area contributed by atoms with E-state index >= 15 is 0 Å². The second-order valence-corrected chi connectivity index (χ2v) is 4.05. The van der Waals surface area contributed by atoms with Gasteiger partial charge in [-0.05, 0) is 12.1 Å². The van der Waals surface area contributed by atoms with Gasteiger partial charge in [-0.25, -0.2) is 0 Å². The van der Waals surface area contributed by atoms with Crippen LogP contribution >= 0.6 is 23.2 Å². The predicted molar refractivity (Wildman–Crippen MR) is 64.9 cm³/mol. The lowest BCUT2D eigenvalue weighted by Crippen LogP contribution is -2.26. The van der Waals surface area contributed by atoms with Crippen molar-refractivity contribution in [2.45, 2.75) is 0 Å². The lowest BCUT2D eigenvalue weighted by atomic mass is 10.2. The second kappa shape index (κ2) is 4.81. The van der Waals surface area contributed by atoms with Gasteiger partial charge in [0.2, 0.25) is 5.91 Å². The molecule has 0 atom stereocenters. The minimum Gasteiger partial charge on any atom is -0.479 e. The van der Waals surface area contributed by atoms with Crippen LogP contribution in [0.25, 0.3) is 0 Å². The minimum atomic E-state index is -0.378. The van der Waals surface area contributed by atoms with E-state index in [1.165, 1.54) is 6.07 Å². The van der Waals surface area contributed by atoms with Crippen molar-refractivity contribution in [3.05, 3.63) is 17.2 Å². The van der Waals surface area contributed by atoms with Crippen LogP contribution in [0.15, 0.2) is 12.1 Å². The van der Waals surface area contributed by atoms with Gasteiger partial charge in [0.15, 0.2) is 12.4 Å². The number of rotatable bonds is 2. The summed E-state index contributed by atoms with van der Waals surface area (Å²) in [6, 6.07) is 3.08. The largest absolute Gasteiger partial charge is 0.479 e. The first-order valence-electron chi connectivity index (χ1n) is 4.72. The highest BCUT2D eigenvalue weighted by Gasteiger charge is 2.21. The third-order valence-corrected chi connectivity index (χ3v) is 2.53. The van der Waals surface area contributed by atoms with E-state index in [2.05, 4.69) is 10.6 Å². The smallest absolute Gasteiger partial charge is 0.262 e. The number of alkyl halides is 1. The molecule has 1 aromatic carbocycles. The average Bonchev–Trinajstić information content (AvgIpc) is 2.27. The van der Waals surface area contributed by atoms with E-state index in [0.29, 0.717) is 22.1 Å². The molecule has 90 valence electrons. The fraction of sp³-hybridized carbons (Fsp3) is 0.200. The lowest BCUT2D eigenvalue weighted by molar-refractivity contribution is -0.118. The van der Waals surface area contributed by atoms with Crippen LogP contribution in [0, 0.1) is 0 Å². The maximum atomic E-state index is 11.2. The van der Waals surface area contributed by atoms with Crippen LogP contribution in [0.5, 0.6) is 5.75 Å². The zero-order valence-corrected chi connectivity index (χ0v) is 10.1. The van der Waals surface area contributed by atoms with E-state index in [1.54, 1.807) is 6.07 Å². The molecular weight excluding hydrogens is 267 g/mol. The first-order valence-corrected chi connectivity index (χ1v) is 5.63. The first kappa shape index (κ1) is 12.0. The number of carbonyl (C=O) groups is 2. The Labute approximate surface area is 107 Å². The molecule has 1 aliphatic heterocycles. The standard InChI is InChI=1S/C10H8Cl2N2O3/c11-3-8(15)13-6-1-5(12)2-7-10(6)17-4-9(16)14-7/h1-2H,3-4H2,(H,13,15)(H,14,16). The van der Waals surface area contributed by atoms with Crippen LogP contribution in [0.2, 0.25) is 5.02 Å². The summed E-state index contributed by atoms with van der Waals surface area (Å²) in [5.74, 6) is -0.438. The van der Waals surface area contributed by atoms with Crippen LogP contribution in [-0.2, 0) is 9.59 Å². The number of carbonyl (C=O) groups excluding carboxylic acids is 2. The summed E-state index contributed by atoms with van der Waals surface area (Å²) in [7, 11) is 0. The van der Waals surface area contributed by atoms with Gasteiger partial charge in [-0.1, -0.05) is 11.6 Å². The first-order chi connectivity index (χ1) is 8.10. The zero-order valence-electron chi connectivity index (χ0n) is 8.55. The average molecular weight is 275 g/mol. The molecule has 2 amide bonds. The number of nitrogens with one attached hydrogen (secondary N) is 2. The number of amides is 2. The minimum absolute atomic E-state index is 0.0988. The van der Waals surface area contributed by atoms with Crippen molar-refractivity contribution >= 4 is 46.4 Å². The van der Waals surface area contributed by atoms with Crippen molar-refractivity contribution in [1.29, 1.82) is 0 Å².